The molecule has 3 aliphatic heterocycles. The smallest absolute Gasteiger partial charge is 0.269 e. The summed E-state index contributed by atoms with van der Waals surface area (Å²) in [6.45, 7) is 2.40. The van der Waals surface area contributed by atoms with E-state index < -0.39 is 15.6 Å². The number of carbonyl (C=O) groups is 1. The number of likely N-dealkylation sites (tertiary alicyclic amines) is 1. The van der Waals surface area contributed by atoms with Gasteiger partial charge in [0.1, 0.15) is 15.5 Å². The van der Waals surface area contributed by atoms with E-state index in [1.54, 1.807) is 6.07 Å². The van der Waals surface area contributed by atoms with Crippen LogP contribution in [-0.2, 0) is 19.7 Å². The van der Waals surface area contributed by atoms with E-state index in [1.165, 1.54) is 23.2 Å². The molecule has 4 rings (SSSR count). The Bertz CT molecular complexity index is 925. The minimum absolute atomic E-state index is 0.184. The van der Waals surface area contributed by atoms with Crippen LogP contribution in [-0.4, -0.2) is 74.1 Å². The molecule has 0 aliphatic carbocycles. The third kappa shape index (κ3) is 4.52. The van der Waals surface area contributed by atoms with E-state index in [9.17, 15) is 13.2 Å². The standard InChI is InChI=1S/C19H27ClN4O4S2/c1-23-10-2-3-14(23)6-9-21-18(25)15-13-19(28-22-15)7-11-24(12-8-19)30(26,27)17-5-4-16(20)29-17/h4-5,14H,2-3,6-13H2,1H3,(H,21,25). The molecule has 1 aromatic heterocycles. The van der Waals surface area contributed by atoms with Gasteiger partial charge in [0.25, 0.3) is 15.9 Å². The highest BCUT2D eigenvalue weighted by molar-refractivity contribution is 7.91. The number of amides is 1. The summed E-state index contributed by atoms with van der Waals surface area (Å²) in [5.41, 5.74) is -0.187. The number of nitrogens with zero attached hydrogens (tertiary/aromatic N) is 3. The van der Waals surface area contributed by atoms with Gasteiger partial charge in [-0.25, -0.2) is 8.42 Å². The Balaban J connectivity index is 1.26. The monoisotopic (exact) mass is 474 g/mol. The van der Waals surface area contributed by atoms with E-state index in [-0.39, 0.29) is 10.1 Å². The maximum atomic E-state index is 12.8. The number of oxime groups is 1. The molecule has 8 nitrogen and oxygen atoms in total. The Morgan fingerprint density at radius 2 is 2.13 bits per heavy atom. The predicted octanol–water partition coefficient (Wildman–Crippen LogP) is 2.30. The largest absolute Gasteiger partial charge is 0.388 e. The highest BCUT2D eigenvalue weighted by atomic mass is 35.5. The highest BCUT2D eigenvalue weighted by Crippen LogP contribution is 2.37. The van der Waals surface area contributed by atoms with Gasteiger partial charge in [-0.05, 0) is 45.0 Å². The van der Waals surface area contributed by atoms with Gasteiger partial charge in [0.2, 0.25) is 0 Å². The number of carbonyl (C=O) groups excluding carboxylic acids is 1. The normalized spacial score (nSPS) is 24.7. The van der Waals surface area contributed by atoms with Crippen molar-refractivity contribution in [3.8, 4) is 0 Å². The van der Waals surface area contributed by atoms with Crippen LogP contribution in [0.15, 0.2) is 21.5 Å². The number of thiophene rings is 1. The Hall–Kier alpha value is -1.20. The van der Waals surface area contributed by atoms with E-state index in [0.29, 0.717) is 55.0 Å². The average molecular weight is 475 g/mol. The number of sulfonamides is 1. The van der Waals surface area contributed by atoms with Crippen molar-refractivity contribution < 1.29 is 18.0 Å². The van der Waals surface area contributed by atoms with Crippen molar-refractivity contribution in [2.45, 2.75) is 54.4 Å². The average Bonchev–Trinajstić information content (AvgIpc) is 3.44. The summed E-state index contributed by atoms with van der Waals surface area (Å²) in [5, 5.41) is 6.99. The molecule has 166 valence electrons. The van der Waals surface area contributed by atoms with Gasteiger partial charge < -0.3 is 15.1 Å². The van der Waals surface area contributed by atoms with Gasteiger partial charge in [-0.3, -0.25) is 4.79 Å². The van der Waals surface area contributed by atoms with Crippen molar-refractivity contribution in [3.05, 3.63) is 16.5 Å². The molecular formula is C19H27ClN4O4S2. The Kier molecular flexibility index (Phi) is 6.41. The van der Waals surface area contributed by atoms with Gasteiger partial charge in [-0.15, -0.1) is 11.3 Å². The van der Waals surface area contributed by atoms with Gasteiger partial charge >= 0.3 is 0 Å². The van der Waals surface area contributed by atoms with Crippen LogP contribution in [0.4, 0.5) is 0 Å². The predicted molar refractivity (Wildman–Crippen MR) is 116 cm³/mol. The lowest BCUT2D eigenvalue weighted by molar-refractivity contribution is -0.115. The molecule has 30 heavy (non-hydrogen) atoms. The van der Waals surface area contributed by atoms with Crippen molar-refractivity contribution in [3.63, 3.8) is 0 Å². The fourth-order valence-corrected chi connectivity index (χ4v) is 7.49. The van der Waals surface area contributed by atoms with Gasteiger partial charge in [-0.2, -0.15) is 4.31 Å². The van der Waals surface area contributed by atoms with Crippen LogP contribution >= 0.6 is 22.9 Å². The van der Waals surface area contributed by atoms with Gasteiger partial charge in [0.05, 0.1) is 4.34 Å². The number of piperidine rings is 1. The van der Waals surface area contributed by atoms with E-state index in [4.69, 9.17) is 16.4 Å². The molecule has 1 N–H and O–H groups in total. The Morgan fingerprint density at radius 1 is 1.37 bits per heavy atom. The van der Waals surface area contributed by atoms with Gasteiger partial charge in [-0.1, -0.05) is 16.8 Å². The minimum atomic E-state index is -3.55. The van der Waals surface area contributed by atoms with E-state index in [0.717, 1.165) is 24.3 Å². The van der Waals surface area contributed by atoms with Crippen LogP contribution in [0.2, 0.25) is 4.34 Å². The van der Waals surface area contributed by atoms with Crippen LogP contribution < -0.4 is 5.32 Å². The van der Waals surface area contributed by atoms with Crippen molar-refractivity contribution >= 4 is 44.6 Å². The zero-order valence-corrected chi connectivity index (χ0v) is 19.4. The van der Waals surface area contributed by atoms with Crippen molar-refractivity contribution in [1.82, 2.24) is 14.5 Å². The van der Waals surface area contributed by atoms with Crippen LogP contribution in [0.3, 0.4) is 0 Å². The third-order valence-electron chi connectivity index (χ3n) is 6.31. The van der Waals surface area contributed by atoms with Crippen LogP contribution in [0.1, 0.15) is 38.5 Å². The first-order valence-corrected chi connectivity index (χ1v) is 12.9. The number of hydrogen-bond donors (Lipinski definition) is 1. The lowest BCUT2D eigenvalue weighted by atomic mass is 9.87. The van der Waals surface area contributed by atoms with Crippen molar-refractivity contribution in [2.24, 2.45) is 5.16 Å². The van der Waals surface area contributed by atoms with Crippen LogP contribution in [0.5, 0.6) is 0 Å². The zero-order chi connectivity index (χ0) is 21.4. The van der Waals surface area contributed by atoms with E-state index in [2.05, 4.69) is 22.4 Å². The molecule has 1 atom stereocenters. The molecule has 11 heteroatoms. The summed E-state index contributed by atoms with van der Waals surface area (Å²) in [6.07, 6.45) is 4.74. The van der Waals surface area contributed by atoms with E-state index in [1.807, 2.05) is 0 Å². The highest BCUT2D eigenvalue weighted by Gasteiger charge is 2.46. The number of halogens is 1. The summed E-state index contributed by atoms with van der Waals surface area (Å²) in [6, 6.07) is 3.66. The first kappa shape index (κ1) is 22.0. The molecule has 1 unspecified atom stereocenters. The summed E-state index contributed by atoms with van der Waals surface area (Å²) in [4.78, 5) is 20.5. The second-order valence-corrected chi connectivity index (χ2v) is 12.2. The van der Waals surface area contributed by atoms with Crippen molar-refractivity contribution in [1.29, 1.82) is 0 Å². The number of rotatable bonds is 6. The molecule has 4 heterocycles. The molecule has 3 aliphatic rings. The Morgan fingerprint density at radius 3 is 2.77 bits per heavy atom. The molecule has 2 saturated heterocycles. The second kappa shape index (κ2) is 8.74. The SMILES string of the molecule is CN1CCCC1CCNC(=O)C1=NOC2(CCN(S(=O)(=O)c3ccc(Cl)s3)CC2)C1. The molecule has 1 spiro atoms. The molecular weight excluding hydrogens is 448 g/mol. The summed E-state index contributed by atoms with van der Waals surface area (Å²) in [5.74, 6) is -0.184. The van der Waals surface area contributed by atoms with Crippen LogP contribution in [0, 0.1) is 0 Å². The molecule has 0 aromatic carbocycles. The fraction of sp³-hybridized carbons (Fsp3) is 0.684. The number of nitrogens with one attached hydrogen (secondary N) is 1. The summed E-state index contributed by atoms with van der Waals surface area (Å²) in [7, 11) is -1.43. The first-order valence-electron chi connectivity index (χ1n) is 10.3. The lowest BCUT2D eigenvalue weighted by Gasteiger charge is -2.36. The quantitative estimate of drug-likeness (QED) is 0.683. The van der Waals surface area contributed by atoms with E-state index >= 15 is 0 Å². The molecule has 0 saturated carbocycles. The Labute approximate surface area is 186 Å². The second-order valence-electron chi connectivity index (χ2n) is 8.27. The maximum absolute atomic E-state index is 12.8. The fourth-order valence-electron chi connectivity index (χ4n) is 4.41. The third-order valence-corrected chi connectivity index (χ3v) is 9.91. The molecule has 2 fully saturated rings. The lowest BCUT2D eigenvalue weighted by Crippen LogP contribution is -2.47. The zero-order valence-electron chi connectivity index (χ0n) is 17.0. The minimum Gasteiger partial charge on any atom is -0.388 e. The molecule has 1 aromatic rings. The first-order chi connectivity index (χ1) is 14.3. The maximum Gasteiger partial charge on any atom is 0.269 e. The molecule has 0 bridgehead atoms. The summed E-state index contributed by atoms with van der Waals surface area (Å²) >= 11 is 6.95. The topological polar surface area (TPSA) is 91.3 Å². The molecule has 0 radical (unpaired) electrons. The molecule has 1 amide bonds. The number of hydrogen-bond acceptors (Lipinski definition) is 7. The van der Waals surface area contributed by atoms with Crippen LogP contribution in [0.25, 0.3) is 0 Å². The van der Waals surface area contributed by atoms with Crippen molar-refractivity contribution in [2.75, 3.05) is 33.2 Å². The van der Waals surface area contributed by atoms with Gasteiger partial charge in [0, 0.05) is 44.9 Å². The summed E-state index contributed by atoms with van der Waals surface area (Å²) < 4.78 is 27.7. The van der Waals surface area contributed by atoms with Gasteiger partial charge in [0.15, 0.2) is 0 Å².